The molecule has 5 N–H and O–H groups in total. The Hall–Kier alpha value is -3.02. The highest BCUT2D eigenvalue weighted by atomic mass is 16.4. The average molecular weight is 285 g/mol. The van der Waals surface area contributed by atoms with Crippen LogP contribution in [-0.2, 0) is 4.79 Å². The van der Waals surface area contributed by atoms with Crippen LogP contribution in [-0.4, -0.2) is 17.0 Å². The largest absolute Gasteiger partial charge is 0.478 e. The zero-order valence-corrected chi connectivity index (χ0v) is 11.4. The van der Waals surface area contributed by atoms with Crippen LogP contribution in [0.25, 0.3) is 0 Å². The number of amides is 1. The van der Waals surface area contributed by atoms with Crippen LogP contribution in [0.15, 0.2) is 42.5 Å². The van der Waals surface area contributed by atoms with Gasteiger partial charge in [0.2, 0.25) is 5.91 Å². The van der Waals surface area contributed by atoms with Crippen molar-refractivity contribution < 1.29 is 14.7 Å². The maximum atomic E-state index is 11.0. The van der Waals surface area contributed by atoms with Crippen molar-refractivity contribution >= 4 is 34.6 Å². The molecule has 0 atom stereocenters. The Labute approximate surface area is 121 Å². The van der Waals surface area contributed by atoms with Gasteiger partial charge < -0.3 is 21.5 Å². The van der Waals surface area contributed by atoms with E-state index in [1.807, 2.05) is 0 Å². The Morgan fingerprint density at radius 2 is 1.67 bits per heavy atom. The van der Waals surface area contributed by atoms with Crippen LogP contribution < -0.4 is 16.4 Å². The number of carbonyl (C=O) groups excluding carboxylic acids is 1. The van der Waals surface area contributed by atoms with Gasteiger partial charge in [-0.1, -0.05) is 6.07 Å². The minimum atomic E-state index is -1.07. The summed E-state index contributed by atoms with van der Waals surface area (Å²) in [4.78, 5) is 22.0. The van der Waals surface area contributed by atoms with Gasteiger partial charge in [0.25, 0.3) is 0 Å². The summed E-state index contributed by atoms with van der Waals surface area (Å²) in [6.07, 6.45) is 0. The number of nitrogens with two attached hydrogens (primary N) is 1. The number of carboxylic acid groups (broad SMARTS) is 1. The number of rotatable bonds is 4. The van der Waals surface area contributed by atoms with Crippen molar-refractivity contribution in [3.63, 3.8) is 0 Å². The Balaban J connectivity index is 2.20. The van der Waals surface area contributed by atoms with Crippen molar-refractivity contribution in [1.82, 2.24) is 0 Å². The van der Waals surface area contributed by atoms with Gasteiger partial charge in [0.05, 0.1) is 16.9 Å². The van der Waals surface area contributed by atoms with Crippen LogP contribution in [0.3, 0.4) is 0 Å². The number of para-hydroxylation sites is 1. The summed E-state index contributed by atoms with van der Waals surface area (Å²) >= 11 is 0. The highest BCUT2D eigenvalue weighted by molar-refractivity contribution is 5.97. The van der Waals surface area contributed by atoms with Gasteiger partial charge >= 0.3 is 5.97 Å². The fourth-order valence-electron chi connectivity index (χ4n) is 1.86. The van der Waals surface area contributed by atoms with Gasteiger partial charge in [-0.25, -0.2) is 4.79 Å². The topological polar surface area (TPSA) is 104 Å². The van der Waals surface area contributed by atoms with Crippen LogP contribution in [0.5, 0.6) is 0 Å². The van der Waals surface area contributed by atoms with E-state index >= 15 is 0 Å². The molecule has 0 aromatic heterocycles. The normalized spacial score (nSPS) is 9.95. The summed E-state index contributed by atoms with van der Waals surface area (Å²) in [6, 6.07) is 11.8. The summed E-state index contributed by atoms with van der Waals surface area (Å²) < 4.78 is 0. The second kappa shape index (κ2) is 5.96. The molecule has 0 aliphatic rings. The third-order valence-electron chi connectivity index (χ3n) is 2.82. The molecule has 0 bridgehead atoms. The van der Waals surface area contributed by atoms with Gasteiger partial charge in [-0.15, -0.1) is 0 Å². The predicted octanol–water partition coefficient (Wildman–Crippen LogP) is 2.67. The van der Waals surface area contributed by atoms with E-state index in [0.29, 0.717) is 11.4 Å². The maximum Gasteiger partial charge on any atom is 0.337 e. The van der Waals surface area contributed by atoms with Crippen LogP contribution >= 0.6 is 0 Å². The van der Waals surface area contributed by atoms with Gasteiger partial charge in [0.15, 0.2) is 0 Å². The molecule has 0 heterocycles. The van der Waals surface area contributed by atoms with Crippen LogP contribution in [0.1, 0.15) is 17.3 Å². The molecule has 0 aliphatic carbocycles. The zero-order chi connectivity index (χ0) is 15.4. The molecule has 6 nitrogen and oxygen atoms in total. The molecule has 0 aliphatic heterocycles. The number of anilines is 4. The van der Waals surface area contributed by atoms with Crippen LogP contribution in [0, 0.1) is 0 Å². The lowest BCUT2D eigenvalue weighted by Crippen LogP contribution is -2.06. The molecule has 2 aromatic rings. The Morgan fingerprint density at radius 3 is 2.24 bits per heavy atom. The van der Waals surface area contributed by atoms with E-state index < -0.39 is 5.97 Å². The van der Waals surface area contributed by atoms with Crippen LogP contribution in [0.2, 0.25) is 0 Å². The lowest BCUT2D eigenvalue weighted by molar-refractivity contribution is -0.114. The van der Waals surface area contributed by atoms with E-state index in [-0.39, 0.29) is 17.2 Å². The number of hydrogen-bond acceptors (Lipinski definition) is 4. The maximum absolute atomic E-state index is 11.0. The SMILES string of the molecule is CC(=O)Nc1ccc(Nc2cccc(C(=O)O)c2N)cc1. The second-order valence-electron chi connectivity index (χ2n) is 4.46. The third kappa shape index (κ3) is 3.50. The number of hydrogen-bond donors (Lipinski definition) is 4. The van der Waals surface area contributed by atoms with Crippen molar-refractivity contribution in [2.24, 2.45) is 0 Å². The second-order valence-corrected chi connectivity index (χ2v) is 4.46. The van der Waals surface area contributed by atoms with Gasteiger partial charge in [-0.3, -0.25) is 4.79 Å². The minimum absolute atomic E-state index is 0.0508. The quantitative estimate of drug-likeness (QED) is 0.646. The highest BCUT2D eigenvalue weighted by Crippen LogP contribution is 2.26. The van der Waals surface area contributed by atoms with E-state index in [9.17, 15) is 9.59 Å². The van der Waals surface area contributed by atoms with Gasteiger partial charge in [0.1, 0.15) is 0 Å². The lowest BCUT2D eigenvalue weighted by Gasteiger charge is -2.11. The first kappa shape index (κ1) is 14.4. The number of benzene rings is 2. The Kier molecular flexibility index (Phi) is 4.08. The van der Waals surface area contributed by atoms with Crippen LogP contribution in [0.4, 0.5) is 22.7 Å². The first-order chi connectivity index (χ1) is 9.97. The zero-order valence-electron chi connectivity index (χ0n) is 11.4. The van der Waals surface area contributed by atoms with Crippen molar-refractivity contribution in [3.8, 4) is 0 Å². The van der Waals surface area contributed by atoms with Crippen molar-refractivity contribution in [2.45, 2.75) is 6.92 Å². The molecular weight excluding hydrogens is 270 g/mol. The first-order valence-corrected chi connectivity index (χ1v) is 6.24. The fraction of sp³-hybridized carbons (Fsp3) is 0.0667. The molecular formula is C15H15N3O3. The van der Waals surface area contributed by atoms with Crippen molar-refractivity contribution in [2.75, 3.05) is 16.4 Å². The Morgan fingerprint density at radius 1 is 1.05 bits per heavy atom. The van der Waals surface area contributed by atoms with E-state index in [4.69, 9.17) is 10.8 Å². The number of carboxylic acids is 1. The van der Waals surface area contributed by atoms with E-state index in [1.54, 1.807) is 36.4 Å². The van der Waals surface area contributed by atoms with E-state index in [2.05, 4.69) is 10.6 Å². The minimum Gasteiger partial charge on any atom is -0.478 e. The number of carbonyl (C=O) groups is 2. The molecule has 0 unspecified atom stereocenters. The summed E-state index contributed by atoms with van der Waals surface area (Å²) in [5.74, 6) is -1.22. The molecule has 1 amide bonds. The third-order valence-corrected chi connectivity index (χ3v) is 2.82. The summed E-state index contributed by atoms with van der Waals surface area (Å²) in [7, 11) is 0. The van der Waals surface area contributed by atoms with Gasteiger partial charge in [-0.2, -0.15) is 0 Å². The standard InChI is InChI=1S/C15H15N3O3/c1-9(19)17-10-5-7-11(8-6-10)18-13-4-2-3-12(14(13)16)15(20)21/h2-8,18H,16H2,1H3,(H,17,19)(H,20,21). The summed E-state index contributed by atoms with van der Waals surface area (Å²) in [5, 5.41) is 14.7. The Bertz CT molecular complexity index is 681. The predicted molar refractivity (Wildman–Crippen MR) is 81.8 cm³/mol. The molecule has 0 saturated carbocycles. The molecule has 2 rings (SSSR count). The first-order valence-electron chi connectivity index (χ1n) is 6.24. The average Bonchev–Trinajstić information content (AvgIpc) is 2.42. The molecule has 6 heteroatoms. The monoisotopic (exact) mass is 285 g/mol. The van der Waals surface area contributed by atoms with Crippen molar-refractivity contribution in [1.29, 1.82) is 0 Å². The van der Waals surface area contributed by atoms with E-state index in [0.717, 1.165) is 5.69 Å². The van der Waals surface area contributed by atoms with Gasteiger partial charge in [-0.05, 0) is 36.4 Å². The molecule has 0 fully saturated rings. The highest BCUT2D eigenvalue weighted by Gasteiger charge is 2.10. The molecule has 0 radical (unpaired) electrons. The molecule has 108 valence electrons. The molecule has 0 spiro atoms. The number of aromatic carboxylic acids is 1. The molecule has 21 heavy (non-hydrogen) atoms. The summed E-state index contributed by atoms with van der Waals surface area (Å²) in [6.45, 7) is 1.43. The van der Waals surface area contributed by atoms with Gasteiger partial charge in [0, 0.05) is 18.3 Å². The number of nitrogen functional groups attached to an aromatic ring is 1. The fourth-order valence-corrected chi connectivity index (χ4v) is 1.86. The summed E-state index contributed by atoms with van der Waals surface area (Å²) in [5.41, 5.74) is 7.99. The molecule has 0 saturated heterocycles. The van der Waals surface area contributed by atoms with Crippen molar-refractivity contribution in [3.05, 3.63) is 48.0 Å². The smallest absolute Gasteiger partial charge is 0.337 e. The number of nitrogens with one attached hydrogen (secondary N) is 2. The lowest BCUT2D eigenvalue weighted by atomic mass is 10.1. The molecule has 2 aromatic carbocycles. The van der Waals surface area contributed by atoms with E-state index in [1.165, 1.54) is 13.0 Å².